The van der Waals surface area contributed by atoms with Crippen LogP contribution in [0.25, 0.3) is 0 Å². The number of likely N-dealkylation sites (tertiary alicyclic amines) is 1. The summed E-state index contributed by atoms with van der Waals surface area (Å²) in [5.74, 6) is 1.03. The van der Waals surface area contributed by atoms with Gasteiger partial charge in [-0.15, -0.1) is 12.4 Å². The number of hydrogen-bond acceptors (Lipinski definition) is 3. The van der Waals surface area contributed by atoms with Gasteiger partial charge in [-0.3, -0.25) is 4.90 Å². The highest BCUT2D eigenvalue weighted by atomic mass is 35.5. The zero-order valence-corrected chi connectivity index (χ0v) is 9.51. The van der Waals surface area contributed by atoms with E-state index in [0.717, 1.165) is 11.5 Å². The first-order valence-corrected chi connectivity index (χ1v) is 4.91. The topological polar surface area (TPSA) is 29.3 Å². The van der Waals surface area contributed by atoms with Crippen LogP contribution < -0.4 is 0 Å². The highest BCUT2D eigenvalue weighted by Crippen LogP contribution is 2.29. The molecule has 14 heavy (non-hydrogen) atoms. The molecule has 0 bridgehead atoms. The van der Waals surface area contributed by atoms with Crippen LogP contribution in [0.1, 0.15) is 36.8 Å². The fourth-order valence-corrected chi connectivity index (χ4v) is 1.97. The van der Waals surface area contributed by atoms with E-state index in [4.69, 9.17) is 4.52 Å². The maximum atomic E-state index is 5.28. The molecule has 0 spiro atoms. The Labute approximate surface area is 90.9 Å². The molecule has 0 radical (unpaired) electrons. The molecule has 3 nitrogen and oxygen atoms in total. The SMILES string of the molecule is Cc1cc([C@H]2CCCCN2C)on1.Cl. The average molecular weight is 217 g/mol. The quantitative estimate of drug-likeness (QED) is 0.723. The number of halogens is 1. The Balaban J connectivity index is 0.000000980. The van der Waals surface area contributed by atoms with Crippen LogP contribution in [-0.4, -0.2) is 23.6 Å². The molecular formula is C10H17ClN2O. The Morgan fingerprint density at radius 3 is 2.86 bits per heavy atom. The number of piperidine rings is 1. The first-order valence-electron chi connectivity index (χ1n) is 4.91. The van der Waals surface area contributed by atoms with Gasteiger partial charge in [0, 0.05) is 6.07 Å². The molecular weight excluding hydrogens is 200 g/mol. The minimum atomic E-state index is 0. The highest BCUT2D eigenvalue weighted by molar-refractivity contribution is 5.85. The number of aryl methyl sites for hydroxylation is 1. The molecule has 0 aromatic carbocycles. The molecule has 1 atom stereocenters. The van der Waals surface area contributed by atoms with Crippen LogP contribution in [0, 0.1) is 6.92 Å². The van der Waals surface area contributed by atoms with Crippen molar-refractivity contribution in [2.24, 2.45) is 0 Å². The Hall–Kier alpha value is -0.540. The third kappa shape index (κ3) is 2.28. The van der Waals surface area contributed by atoms with Crippen LogP contribution in [0.2, 0.25) is 0 Å². The molecule has 0 amide bonds. The minimum absolute atomic E-state index is 0. The van der Waals surface area contributed by atoms with Gasteiger partial charge >= 0.3 is 0 Å². The molecule has 0 N–H and O–H groups in total. The van der Waals surface area contributed by atoms with E-state index in [1.54, 1.807) is 0 Å². The summed E-state index contributed by atoms with van der Waals surface area (Å²) >= 11 is 0. The maximum Gasteiger partial charge on any atom is 0.154 e. The molecule has 1 aromatic heterocycles. The first-order chi connectivity index (χ1) is 6.27. The minimum Gasteiger partial charge on any atom is -0.359 e. The van der Waals surface area contributed by atoms with Gasteiger partial charge in [-0.05, 0) is 33.4 Å². The predicted octanol–water partition coefficient (Wildman–Crippen LogP) is 2.56. The van der Waals surface area contributed by atoms with Crippen molar-refractivity contribution in [3.05, 3.63) is 17.5 Å². The summed E-state index contributed by atoms with van der Waals surface area (Å²) in [7, 11) is 2.15. The lowest BCUT2D eigenvalue weighted by atomic mass is 10.0. The van der Waals surface area contributed by atoms with Gasteiger partial charge in [-0.1, -0.05) is 11.6 Å². The number of rotatable bonds is 1. The summed E-state index contributed by atoms with van der Waals surface area (Å²) in [5, 5.41) is 3.92. The maximum absolute atomic E-state index is 5.28. The second kappa shape index (κ2) is 4.80. The molecule has 1 fully saturated rings. The van der Waals surface area contributed by atoms with Crippen molar-refractivity contribution in [3.8, 4) is 0 Å². The van der Waals surface area contributed by atoms with Crippen LogP contribution in [0.15, 0.2) is 10.6 Å². The van der Waals surface area contributed by atoms with Crippen molar-refractivity contribution in [1.82, 2.24) is 10.1 Å². The van der Waals surface area contributed by atoms with Crippen molar-refractivity contribution < 1.29 is 4.52 Å². The van der Waals surface area contributed by atoms with Gasteiger partial charge in [-0.25, -0.2) is 0 Å². The van der Waals surface area contributed by atoms with Crippen molar-refractivity contribution >= 4 is 12.4 Å². The molecule has 2 heterocycles. The third-order valence-corrected chi connectivity index (χ3v) is 2.75. The molecule has 0 saturated carbocycles. The number of aromatic nitrogens is 1. The van der Waals surface area contributed by atoms with E-state index in [-0.39, 0.29) is 12.4 Å². The molecule has 1 saturated heterocycles. The molecule has 0 aliphatic carbocycles. The molecule has 1 aliphatic heterocycles. The van der Waals surface area contributed by atoms with E-state index >= 15 is 0 Å². The number of nitrogens with zero attached hydrogens (tertiary/aromatic N) is 2. The van der Waals surface area contributed by atoms with E-state index in [9.17, 15) is 0 Å². The van der Waals surface area contributed by atoms with E-state index in [1.165, 1.54) is 25.8 Å². The smallest absolute Gasteiger partial charge is 0.154 e. The van der Waals surface area contributed by atoms with Crippen LogP contribution in [-0.2, 0) is 0 Å². The zero-order chi connectivity index (χ0) is 9.26. The highest BCUT2D eigenvalue weighted by Gasteiger charge is 2.23. The number of hydrogen-bond donors (Lipinski definition) is 0. The summed E-state index contributed by atoms with van der Waals surface area (Å²) < 4.78 is 5.28. The van der Waals surface area contributed by atoms with Crippen molar-refractivity contribution in [1.29, 1.82) is 0 Å². The Morgan fingerprint density at radius 1 is 1.50 bits per heavy atom. The summed E-state index contributed by atoms with van der Waals surface area (Å²) in [5.41, 5.74) is 0.981. The van der Waals surface area contributed by atoms with Gasteiger partial charge in [0.1, 0.15) is 0 Å². The van der Waals surface area contributed by atoms with Crippen LogP contribution >= 0.6 is 12.4 Å². The fourth-order valence-electron chi connectivity index (χ4n) is 1.97. The lowest BCUT2D eigenvalue weighted by molar-refractivity contribution is 0.155. The van der Waals surface area contributed by atoms with E-state index < -0.39 is 0 Å². The normalized spacial score (nSPS) is 23.1. The Bertz CT molecular complexity index is 287. The van der Waals surface area contributed by atoms with E-state index in [0.29, 0.717) is 6.04 Å². The van der Waals surface area contributed by atoms with Gasteiger partial charge < -0.3 is 4.52 Å². The van der Waals surface area contributed by atoms with Crippen molar-refractivity contribution in [2.45, 2.75) is 32.2 Å². The summed E-state index contributed by atoms with van der Waals surface area (Å²) in [6, 6.07) is 2.50. The van der Waals surface area contributed by atoms with Crippen LogP contribution in [0.4, 0.5) is 0 Å². The summed E-state index contributed by atoms with van der Waals surface area (Å²) in [4.78, 5) is 2.35. The first kappa shape index (κ1) is 11.5. The molecule has 1 aromatic rings. The molecule has 80 valence electrons. The molecule has 1 aliphatic rings. The van der Waals surface area contributed by atoms with Gasteiger partial charge in [0.05, 0.1) is 11.7 Å². The Kier molecular flexibility index (Phi) is 3.96. The average Bonchev–Trinajstić information content (AvgIpc) is 2.53. The predicted molar refractivity (Wildman–Crippen MR) is 57.7 cm³/mol. The van der Waals surface area contributed by atoms with Crippen molar-refractivity contribution in [2.75, 3.05) is 13.6 Å². The van der Waals surface area contributed by atoms with Crippen LogP contribution in [0.3, 0.4) is 0 Å². The van der Waals surface area contributed by atoms with Gasteiger partial charge in [0.2, 0.25) is 0 Å². The van der Waals surface area contributed by atoms with Crippen LogP contribution in [0.5, 0.6) is 0 Å². The fraction of sp³-hybridized carbons (Fsp3) is 0.700. The lowest BCUT2D eigenvalue weighted by Gasteiger charge is -2.30. The largest absolute Gasteiger partial charge is 0.359 e. The van der Waals surface area contributed by atoms with Gasteiger partial charge in [0.15, 0.2) is 5.76 Å². The second-order valence-electron chi connectivity index (χ2n) is 3.86. The molecule has 2 rings (SSSR count). The van der Waals surface area contributed by atoms with E-state index in [2.05, 4.69) is 17.1 Å². The Morgan fingerprint density at radius 2 is 2.29 bits per heavy atom. The second-order valence-corrected chi connectivity index (χ2v) is 3.86. The monoisotopic (exact) mass is 216 g/mol. The summed E-state index contributed by atoms with van der Waals surface area (Å²) in [6.45, 7) is 3.14. The van der Waals surface area contributed by atoms with Crippen molar-refractivity contribution in [3.63, 3.8) is 0 Å². The molecule has 4 heteroatoms. The standard InChI is InChI=1S/C10H16N2O.ClH/c1-8-7-10(13-11-8)9-5-3-4-6-12(9)2;/h7,9H,3-6H2,1-2H3;1H/t9-;/m1./s1. The van der Waals surface area contributed by atoms with E-state index in [1.807, 2.05) is 13.0 Å². The van der Waals surface area contributed by atoms with Gasteiger partial charge in [-0.2, -0.15) is 0 Å². The summed E-state index contributed by atoms with van der Waals surface area (Å²) in [6.07, 6.45) is 3.81. The third-order valence-electron chi connectivity index (χ3n) is 2.75. The lowest BCUT2D eigenvalue weighted by Crippen LogP contribution is -2.29. The molecule has 0 unspecified atom stereocenters. The van der Waals surface area contributed by atoms with Gasteiger partial charge in [0.25, 0.3) is 0 Å². The zero-order valence-electron chi connectivity index (χ0n) is 8.69.